The average Bonchev–Trinajstić information content (AvgIpc) is 2.85. The molecule has 3 rings (SSSR count). The second-order valence-corrected chi connectivity index (χ2v) is 8.54. The summed E-state index contributed by atoms with van der Waals surface area (Å²) in [5.41, 5.74) is 4.74. The second-order valence-electron chi connectivity index (χ2n) is 7.19. The van der Waals surface area contributed by atoms with Gasteiger partial charge >= 0.3 is 11.8 Å². The number of nitrogens with one attached hydrogen (secondary N) is 3. The van der Waals surface area contributed by atoms with Gasteiger partial charge in [-0.25, -0.2) is 5.43 Å². The molecule has 0 unspecified atom stereocenters. The smallest absolute Gasteiger partial charge is 0.329 e. The molecule has 8 nitrogen and oxygen atoms in total. The average molecular weight is 558 g/mol. The Labute approximate surface area is 215 Å². The van der Waals surface area contributed by atoms with Crippen molar-refractivity contribution in [2.75, 3.05) is 17.2 Å². The minimum absolute atomic E-state index is 0.253. The van der Waals surface area contributed by atoms with E-state index in [0.717, 1.165) is 10.0 Å². The first-order valence-corrected chi connectivity index (χ1v) is 11.7. The van der Waals surface area contributed by atoms with Gasteiger partial charge < -0.3 is 15.4 Å². The van der Waals surface area contributed by atoms with E-state index in [9.17, 15) is 14.4 Å². The number of carbonyl (C=O) groups excluding carboxylic acids is 3. The molecule has 0 saturated heterocycles. The van der Waals surface area contributed by atoms with Gasteiger partial charge in [-0.3, -0.25) is 14.4 Å². The fourth-order valence-electron chi connectivity index (χ4n) is 2.97. The molecule has 0 aromatic heterocycles. The summed E-state index contributed by atoms with van der Waals surface area (Å²) in [5, 5.41) is 9.69. The summed E-state index contributed by atoms with van der Waals surface area (Å²) in [5.74, 6) is -1.77. The van der Waals surface area contributed by atoms with E-state index in [4.69, 9.17) is 16.3 Å². The largest absolute Gasteiger partial charge is 0.483 e. The topological polar surface area (TPSA) is 109 Å². The molecule has 0 radical (unpaired) electrons. The van der Waals surface area contributed by atoms with Crippen molar-refractivity contribution in [3.8, 4) is 5.75 Å². The van der Waals surface area contributed by atoms with E-state index >= 15 is 0 Å². The molecule has 3 aromatic carbocycles. The molecule has 35 heavy (non-hydrogen) atoms. The van der Waals surface area contributed by atoms with Crippen LogP contribution in [0.15, 0.2) is 76.3 Å². The highest BCUT2D eigenvalue weighted by Gasteiger charge is 2.14. The zero-order valence-corrected chi connectivity index (χ0v) is 21.0. The summed E-state index contributed by atoms with van der Waals surface area (Å²) in [4.78, 5) is 36.6. The van der Waals surface area contributed by atoms with Crippen molar-refractivity contribution in [3.05, 3.63) is 87.4 Å². The van der Waals surface area contributed by atoms with Gasteiger partial charge in [0, 0.05) is 26.4 Å². The molecule has 0 aliphatic carbocycles. The Hall–Kier alpha value is -3.69. The first kappa shape index (κ1) is 25.9. The van der Waals surface area contributed by atoms with E-state index in [1.54, 1.807) is 54.6 Å². The molecule has 10 heteroatoms. The molecule has 0 saturated carbocycles. The summed E-state index contributed by atoms with van der Waals surface area (Å²) in [6.07, 6.45) is 2.03. The monoisotopic (exact) mass is 556 g/mol. The lowest BCUT2D eigenvalue weighted by molar-refractivity contribution is -0.136. The third kappa shape index (κ3) is 7.94. The van der Waals surface area contributed by atoms with Gasteiger partial charge in [0.15, 0.2) is 6.61 Å². The van der Waals surface area contributed by atoms with Crippen LogP contribution in [0.5, 0.6) is 5.75 Å². The Bertz CT molecular complexity index is 1250. The number of nitrogens with zero attached hydrogens (tertiary/aromatic N) is 1. The van der Waals surface area contributed by atoms with Gasteiger partial charge in [-0.1, -0.05) is 52.7 Å². The Morgan fingerprint density at radius 3 is 2.49 bits per heavy atom. The lowest BCUT2D eigenvalue weighted by Crippen LogP contribution is -2.32. The van der Waals surface area contributed by atoms with Crippen LogP contribution in [-0.2, 0) is 20.8 Å². The van der Waals surface area contributed by atoms with Crippen molar-refractivity contribution in [2.24, 2.45) is 5.10 Å². The summed E-state index contributed by atoms with van der Waals surface area (Å²) in [6, 6.07) is 19.0. The van der Waals surface area contributed by atoms with Gasteiger partial charge in [0.1, 0.15) is 5.75 Å². The van der Waals surface area contributed by atoms with E-state index in [2.05, 4.69) is 37.1 Å². The van der Waals surface area contributed by atoms with E-state index in [1.165, 1.54) is 6.21 Å². The van der Waals surface area contributed by atoms with Crippen LogP contribution in [0, 0.1) is 0 Å². The minimum atomic E-state index is -0.924. The highest BCUT2D eigenvalue weighted by atomic mass is 79.9. The van der Waals surface area contributed by atoms with Crippen LogP contribution in [0.1, 0.15) is 18.1 Å². The molecule has 3 amide bonds. The maximum atomic E-state index is 12.2. The number of benzene rings is 3. The van der Waals surface area contributed by atoms with Crippen LogP contribution >= 0.6 is 27.5 Å². The van der Waals surface area contributed by atoms with Crippen LogP contribution < -0.4 is 20.8 Å². The van der Waals surface area contributed by atoms with Gasteiger partial charge in [-0.2, -0.15) is 5.10 Å². The fourth-order valence-corrected chi connectivity index (χ4v) is 3.47. The molecular formula is C25H22BrClN4O4. The van der Waals surface area contributed by atoms with Gasteiger partial charge in [-0.15, -0.1) is 0 Å². The summed E-state index contributed by atoms with van der Waals surface area (Å²) in [7, 11) is 0. The SMILES string of the molecule is CCc1ccccc1NC(=O)C(=O)N/N=C\c1cc(Br)ccc1OCC(=O)Nc1ccc(Cl)cc1. The lowest BCUT2D eigenvalue weighted by atomic mass is 10.1. The number of amides is 3. The minimum Gasteiger partial charge on any atom is -0.483 e. The molecule has 0 heterocycles. The summed E-state index contributed by atoms with van der Waals surface area (Å²) in [6.45, 7) is 1.70. The third-order valence-corrected chi connectivity index (χ3v) is 5.43. The summed E-state index contributed by atoms with van der Waals surface area (Å²) >= 11 is 9.21. The number of hydrogen-bond acceptors (Lipinski definition) is 5. The van der Waals surface area contributed by atoms with Gasteiger partial charge in [0.25, 0.3) is 5.91 Å². The number of ether oxygens (including phenoxy) is 1. The molecule has 0 bridgehead atoms. The highest BCUT2D eigenvalue weighted by Crippen LogP contribution is 2.22. The predicted octanol–water partition coefficient (Wildman–Crippen LogP) is 4.77. The number of hydrazone groups is 1. The van der Waals surface area contributed by atoms with Crippen molar-refractivity contribution >= 4 is 62.8 Å². The van der Waals surface area contributed by atoms with Gasteiger partial charge in [-0.05, 0) is 60.5 Å². The number of hydrogen-bond donors (Lipinski definition) is 3. The number of rotatable bonds is 8. The quantitative estimate of drug-likeness (QED) is 0.211. The van der Waals surface area contributed by atoms with Gasteiger partial charge in [0.05, 0.1) is 6.21 Å². The Morgan fingerprint density at radius 1 is 1.00 bits per heavy atom. The molecular weight excluding hydrogens is 536 g/mol. The van der Waals surface area contributed by atoms with Crippen molar-refractivity contribution in [2.45, 2.75) is 13.3 Å². The third-order valence-electron chi connectivity index (χ3n) is 4.68. The molecule has 3 aromatic rings. The van der Waals surface area contributed by atoms with Crippen molar-refractivity contribution < 1.29 is 19.1 Å². The first-order chi connectivity index (χ1) is 16.9. The Kier molecular flexibility index (Phi) is 9.39. The van der Waals surface area contributed by atoms with E-state index in [-0.39, 0.29) is 12.5 Å². The van der Waals surface area contributed by atoms with E-state index in [1.807, 2.05) is 19.1 Å². The molecule has 0 atom stereocenters. The van der Waals surface area contributed by atoms with Crippen LogP contribution in [0.3, 0.4) is 0 Å². The molecule has 0 spiro atoms. The van der Waals surface area contributed by atoms with E-state index < -0.39 is 11.8 Å². The Balaban J connectivity index is 1.58. The maximum Gasteiger partial charge on any atom is 0.329 e. The molecule has 0 fully saturated rings. The number of para-hydroxylation sites is 1. The number of halogens is 2. The normalized spacial score (nSPS) is 10.6. The summed E-state index contributed by atoms with van der Waals surface area (Å²) < 4.78 is 6.35. The second kappa shape index (κ2) is 12.7. The number of anilines is 2. The predicted molar refractivity (Wildman–Crippen MR) is 140 cm³/mol. The lowest BCUT2D eigenvalue weighted by Gasteiger charge is -2.10. The van der Waals surface area contributed by atoms with Crippen LogP contribution in [-0.4, -0.2) is 30.5 Å². The highest BCUT2D eigenvalue weighted by molar-refractivity contribution is 9.10. The van der Waals surface area contributed by atoms with Crippen molar-refractivity contribution in [1.29, 1.82) is 0 Å². The molecule has 180 valence electrons. The van der Waals surface area contributed by atoms with E-state index in [0.29, 0.717) is 34.1 Å². The van der Waals surface area contributed by atoms with Crippen LogP contribution in [0.25, 0.3) is 0 Å². The van der Waals surface area contributed by atoms with Gasteiger partial charge in [0.2, 0.25) is 0 Å². The fraction of sp³-hybridized carbons (Fsp3) is 0.120. The van der Waals surface area contributed by atoms with Crippen molar-refractivity contribution in [1.82, 2.24) is 5.43 Å². The molecule has 0 aliphatic rings. The first-order valence-electron chi connectivity index (χ1n) is 10.6. The van der Waals surface area contributed by atoms with Crippen molar-refractivity contribution in [3.63, 3.8) is 0 Å². The Morgan fingerprint density at radius 2 is 1.74 bits per heavy atom. The maximum absolute atomic E-state index is 12.2. The zero-order valence-electron chi connectivity index (χ0n) is 18.7. The number of aryl methyl sites for hydroxylation is 1. The van der Waals surface area contributed by atoms with Crippen LogP contribution in [0.4, 0.5) is 11.4 Å². The molecule has 0 aliphatic heterocycles. The van der Waals surface area contributed by atoms with Crippen LogP contribution in [0.2, 0.25) is 5.02 Å². The molecule has 3 N–H and O–H groups in total. The standard InChI is InChI=1S/C25H22BrClN4O4/c1-2-16-5-3-4-6-21(16)30-24(33)25(34)31-28-14-17-13-18(26)7-12-22(17)35-15-23(32)29-20-10-8-19(27)9-11-20/h3-14H,2,15H2,1H3,(H,29,32)(H,30,33)(H,31,34)/b28-14-. The zero-order chi connectivity index (χ0) is 25.2. The number of carbonyl (C=O) groups is 3.